The Labute approximate surface area is 128 Å². The second-order valence-corrected chi connectivity index (χ2v) is 6.04. The summed E-state index contributed by atoms with van der Waals surface area (Å²) in [5, 5.41) is 6.95. The van der Waals surface area contributed by atoms with Crippen LogP contribution in [0.1, 0.15) is 16.6 Å². The highest BCUT2D eigenvalue weighted by Gasteiger charge is 2.23. The van der Waals surface area contributed by atoms with Gasteiger partial charge in [-0.05, 0) is 27.4 Å². The van der Waals surface area contributed by atoms with Crippen LogP contribution in [0, 0.1) is 0 Å². The molecule has 1 unspecified atom stereocenters. The smallest absolute Gasteiger partial charge is 0.0996 e. The first-order valence-corrected chi connectivity index (χ1v) is 7.63. The third-order valence-corrected chi connectivity index (χ3v) is 4.72. The van der Waals surface area contributed by atoms with Crippen LogP contribution in [0.15, 0.2) is 22.1 Å². The molecule has 2 aromatic heterocycles. The van der Waals surface area contributed by atoms with E-state index >= 15 is 0 Å². The maximum atomic E-state index is 6.18. The Bertz CT molecular complexity index is 545. The van der Waals surface area contributed by atoms with Gasteiger partial charge in [-0.1, -0.05) is 11.6 Å². The van der Waals surface area contributed by atoms with E-state index in [4.69, 9.17) is 22.2 Å². The average Bonchev–Trinajstić information content (AvgIpc) is 2.97. The molecular weight excluding hydrogens is 352 g/mol. The van der Waals surface area contributed by atoms with Gasteiger partial charge in [0.15, 0.2) is 0 Å². The fraction of sp³-hybridized carbons (Fsp3) is 0.364. The Morgan fingerprint density at radius 2 is 2.47 bits per heavy atom. The van der Waals surface area contributed by atoms with E-state index in [2.05, 4.69) is 26.5 Å². The van der Waals surface area contributed by atoms with Gasteiger partial charge in [0.25, 0.3) is 0 Å². The number of ether oxygens (including phenoxy) is 1. The molecule has 0 amide bonds. The van der Waals surface area contributed by atoms with E-state index in [0.717, 1.165) is 15.0 Å². The number of halogens is 2. The summed E-state index contributed by atoms with van der Waals surface area (Å²) in [5.41, 5.74) is 3.73. The van der Waals surface area contributed by atoms with Crippen molar-refractivity contribution < 1.29 is 4.74 Å². The Balaban J connectivity index is 2.38. The fourth-order valence-electron chi connectivity index (χ4n) is 1.81. The van der Waals surface area contributed by atoms with Crippen molar-refractivity contribution in [1.29, 1.82) is 0 Å². The van der Waals surface area contributed by atoms with Gasteiger partial charge in [-0.3, -0.25) is 10.5 Å². The number of nitrogens with two attached hydrogens (primary N) is 1. The predicted molar refractivity (Wildman–Crippen MR) is 80.3 cm³/mol. The van der Waals surface area contributed by atoms with Crippen LogP contribution in [0.4, 0.5) is 0 Å². The summed E-state index contributed by atoms with van der Waals surface area (Å²) in [7, 11) is 1.66. The van der Waals surface area contributed by atoms with Crippen molar-refractivity contribution in [3.63, 3.8) is 0 Å². The van der Waals surface area contributed by atoms with Gasteiger partial charge in [-0.25, -0.2) is 5.43 Å². The largest absolute Gasteiger partial charge is 0.383 e. The van der Waals surface area contributed by atoms with E-state index in [9.17, 15) is 0 Å². The minimum absolute atomic E-state index is 0.207. The number of rotatable bonds is 6. The minimum atomic E-state index is -0.207. The van der Waals surface area contributed by atoms with Gasteiger partial charge in [0, 0.05) is 12.0 Å². The molecule has 0 spiro atoms. The Kier molecular flexibility index (Phi) is 5.37. The number of nitrogens with zero attached hydrogens (tertiary/aromatic N) is 2. The molecule has 8 heteroatoms. The molecule has 2 heterocycles. The minimum Gasteiger partial charge on any atom is -0.383 e. The maximum absolute atomic E-state index is 6.18. The highest BCUT2D eigenvalue weighted by molar-refractivity contribution is 9.10. The molecule has 0 saturated heterocycles. The van der Waals surface area contributed by atoms with E-state index in [1.54, 1.807) is 24.6 Å². The normalized spacial score (nSPS) is 12.8. The van der Waals surface area contributed by atoms with Crippen molar-refractivity contribution in [3.05, 3.63) is 37.7 Å². The first-order chi connectivity index (χ1) is 9.19. The molecule has 19 heavy (non-hydrogen) atoms. The maximum Gasteiger partial charge on any atom is 0.0996 e. The summed E-state index contributed by atoms with van der Waals surface area (Å²) in [5.74, 6) is 5.70. The molecule has 0 aromatic carbocycles. The van der Waals surface area contributed by atoms with Crippen LogP contribution in [0.25, 0.3) is 0 Å². The molecule has 5 nitrogen and oxygen atoms in total. The number of hydrogen-bond acceptors (Lipinski definition) is 5. The van der Waals surface area contributed by atoms with Crippen molar-refractivity contribution >= 4 is 38.9 Å². The van der Waals surface area contributed by atoms with Crippen LogP contribution in [-0.2, 0) is 11.3 Å². The number of hydrazine groups is 1. The van der Waals surface area contributed by atoms with Crippen LogP contribution in [0.3, 0.4) is 0 Å². The second kappa shape index (κ2) is 6.83. The second-order valence-electron chi connectivity index (χ2n) is 3.83. The lowest BCUT2D eigenvalue weighted by Gasteiger charge is -2.18. The zero-order chi connectivity index (χ0) is 13.8. The molecule has 2 rings (SSSR count). The van der Waals surface area contributed by atoms with E-state index in [0.29, 0.717) is 18.2 Å². The summed E-state index contributed by atoms with van der Waals surface area (Å²) >= 11 is 11.2. The molecule has 0 bridgehead atoms. The summed E-state index contributed by atoms with van der Waals surface area (Å²) in [4.78, 5) is 0.962. The zero-order valence-electron chi connectivity index (χ0n) is 10.3. The number of thiophene rings is 1. The molecule has 0 aliphatic carbocycles. The summed E-state index contributed by atoms with van der Waals surface area (Å²) in [6, 6.07) is 1.65. The molecule has 0 aliphatic rings. The zero-order valence-corrected chi connectivity index (χ0v) is 13.4. The van der Waals surface area contributed by atoms with Gasteiger partial charge in [0.2, 0.25) is 0 Å². The van der Waals surface area contributed by atoms with Crippen LogP contribution >= 0.6 is 38.9 Å². The topological polar surface area (TPSA) is 65.1 Å². The summed E-state index contributed by atoms with van der Waals surface area (Å²) in [6.07, 6.45) is 1.75. The molecule has 2 aromatic rings. The summed E-state index contributed by atoms with van der Waals surface area (Å²) < 4.78 is 7.83. The summed E-state index contributed by atoms with van der Waals surface area (Å²) in [6.45, 7) is 1.23. The van der Waals surface area contributed by atoms with Gasteiger partial charge < -0.3 is 4.74 Å². The lowest BCUT2D eigenvalue weighted by atomic mass is 10.2. The fourth-order valence-corrected chi connectivity index (χ4v) is 3.56. The molecule has 104 valence electrons. The number of aromatic nitrogens is 2. The molecule has 0 aliphatic heterocycles. The molecule has 1 atom stereocenters. The van der Waals surface area contributed by atoms with Gasteiger partial charge in [-0.2, -0.15) is 5.10 Å². The Hall–Kier alpha value is -0.440. The first-order valence-electron chi connectivity index (χ1n) is 5.58. The van der Waals surface area contributed by atoms with Crippen molar-refractivity contribution in [3.8, 4) is 0 Å². The van der Waals surface area contributed by atoms with Crippen LogP contribution in [-0.4, -0.2) is 23.5 Å². The first kappa shape index (κ1) is 15.0. The van der Waals surface area contributed by atoms with Gasteiger partial charge in [0.05, 0.1) is 40.6 Å². The predicted octanol–water partition coefficient (Wildman–Crippen LogP) is 2.56. The average molecular weight is 366 g/mol. The lowest BCUT2D eigenvalue weighted by molar-refractivity contribution is 0.182. The molecular formula is C11H14BrClN4OS. The van der Waals surface area contributed by atoms with Crippen LogP contribution in [0.2, 0.25) is 5.02 Å². The standard InChI is InChI=1S/C11H14BrClN4OS/c1-18-4-3-17-10(7(12)6-15-17)9(16-14)11-8(13)2-5-19-11/h2,5-6,9,16H,3-4,14H2,1H3. The quantitative estimate of drug-likeness (QED) is 0.610. The van der Waals surface area contributed by atoms with Crippen molar-refractivity contribution in [1.82, 2.24) is 15.2 Å². The van der Waals surface area contributed by atoms with Crippen molar-refractivity contribution in [2.24, 2.45) is 5.84 Å². The number of nitrogens with one attached hydrogen (secondary N) is 1. The lowest BCUT2D eigenvalue weighted by Crippen LogP contribution is -2.31. The van der Waals surface area contributed by atoms with Gasteiger partial charge >= 0.3 is 0 Å². The molecule has 3 N–H and O–H groups in total. The third-order valence-electron chi connectivity index (χ3n) is 2.69. The van der Waals surface area contributed by atoms with E-state index in [1.165, 1.54) is 0 Å². The van der Waals surface area contributed by atoms with Crippen molar-refractivity contribution in [2.45, 2.75) is 12.6 Å². The van der Waals surface area contributed by atoms with Gasteiger partial charge in [-0.15, -0.1) is 11.3 Å². The van der Waals surface area contributed by atoms with E-state index in [1.807, 2.05) is 16.1 Å². The number of hydrogen-bond donors (Lipinski definition) is 2. The highest BCUT2D eigenvalue weighted by atomic mass is 79.9. The van der Waals surface area contributed by atoms with Crippen molar-refractivity contribution in [2.75, 3.05) is 13.7 Å². The van der Waals surface area contributed by atoms with E-state index in [-0.39, 0.29) is 6.04 Å². The number of methoxy groups -OCH3 is 1. The molecule has 0 fully saturated rings. The Morgan fingerprint density at radius 1 is 1.68 bits per heavy atom. The molecule has 0 radical (unpaired) electrons. The van der Waals surface area contributed by atoms with Crippen LogP contribution < -0.4 is 11.3 Å². The van der Waals surface area contributed by atoms with Crippen LogP contribution in [0.5, 0.6) is 0 Å². The van der Waals surface area contributed by atoms with Gasteiger partial charge in [0.1, 0.15) is 0 Å². The SMILES string of the molecule is COCCn1ncc(Br)c1C(NN)c1sccc1Cl. The van der Waals surface area contributed by atoms with E-state index < -0.39 is 0 Å². The highest BCUT2D eigenvalue weighted by Crippen LogP contribution is 2.35. The Morgan fingerprint density at radius 3 is 3.05 bits per heavy atom. The monoisotopic (exact) mass is 364 g/mol. The molecule has 0 saturated carbocycles. The third kappa shape index (κ3) is 3.18.